The molecule has 2 aliphatic rings. The van der Waals surface area contributed by atoms with E-state index in [2.05, 4.69) is 56.3 Å². The van der Waals surface area contributed by atoms with Gasteiger partial charge in [0.2, 0.25) is 0 Å². The summed E-state index contributed by atoms with van der Waals surface area (Å²) in [6, 6.07) is 17.7. The summed E-state index contributed by atoms with van der Waals surface area (Å²) < 4.78 is 0. The van der Waals surface area contributed by atoms with Crippen LogP contribution in [-0.2, 0) is 5.41 Å². The third-order valence-electron chi connectivity index (χ3n) is 8.15. The minimum absolute atomic E-state index is 0.0166. The second-order valence-electron chi connectivity index (χ2n) is 9.85. The molecule has 0 amide bonds. The highest BCUT2D eigenvalue weighted by molar-refractivity contribution is 5.51. The van der Waals surface area contributed by atoms with Gasteiger partial charge in [0.1, 0.15) is 0 Å². The second-order valence-corrected chi connectivity index (χ2v) is 9.85. The molecule has 2 aromatic carbocycles. The van der Waals surface area contributed by atoms with Crippen molar-refractivity contribution in [3.05, 3.63) is 59.7 Å². The van der Waals surface area contributed by atoms with Crippen LogP contribution in [0.15, 0.2) is 48.5 Å². The molecule has 2 aliphatic carbocycles. The van der Waals surface area contributed by atoms with E-state index in [1.807, 2.05) is 6.07 Å². The molecule has 4 N–H and O–H groups in total. The van der Waals surface area contributed by atoms with Crippen LogP contribution in [0, 0.1) is 23.7 Å². The molecule has 0 aromatic heterocycles. The number of nitrogen functional groups attached to an aromatic ring is 2. The van der Waals surface area contributed by atoms with E-state index < -0.39 is 0 Å². The van der Waals surface area contributed by atoms with E-state index in [9.17, 15) is 0 Å². The van der Waals surface area contributed by atoms with Crippen molar-refractivity contribution >= 4 is 11.4 Å². The van der Waals surface area contributed by atoms with Gasteiger partial charge in [-0.3, -0.25) is 0 Å². The number of anilines is 2. The average molecular weight is 391 g/mol. The molecular formula is C27H38N2. The summed E-state index contributed by atoms with van der Waals surface area (Å²) in [5, 5.41) is 0. The highest BCUT2D eigenvalue weighted by atomic mass is 14.6. The molecule has 2 nitrogen and oxygen atoms in total. The predicted molar refractivity (Wildman–Crippen MR) is 125 cm³/mol. The van der Waals surface area contributed by atoms with Gasteiger partial charge in [0.25, 0.3) is 0 Å². The summed E-state index contributed by atoms with van der Waals surface area (Å²) in [5.41, 5.74) is 17.1. The highest BCUT2D eigenvalue weighted by Crippen LogP contribution is 2.57. The van der Waals surface area contributed by atoms with Crippen LogP contribution < -0.4 is 11.5 Å². The van der Waals surface area contributed by atoms with Crippen LogP contribution in [0.5, 0.6) is 0 Å². The summed E-state index contributed by atoms with van der Waals surface area (Å²) in [4.78, 5) is 0. The monoisotopic (exact) mass is 390 g/mol. The van der Waals surface area contributed by atoms with Crippen LogP contribution >= 0.6 is 0 Å². The van der Waals surface area contributed by atoms with Gasteiger partial charge in [-0.05, 0) is 71.9 Å². The second kappa shape index (κ2) is 8.42. The molecule has 2 aromatic rings. The quantitative estimate of drug-likeness (QED) is 0.565. The summed E-state index contributed by atoms with van der Waals surface area (Å²) >= 11 is 0. The van der Waals surface area contributed by atoms with E-state index in [4.69, 9.17) is 11.5 Å². The van der Waals surface area contributed by atoms with Crippen molar-refractivity contribution in [2.24, 2.45) is 23.7 Å². The van der Waals surface area contributed by atoms with Gasteiger partial charge in [-0.1, -0.05) is 76.6 Å². The van der Waals surface area contributed by atoms with Crippen LogP contribution in [0.3, 0.4) is 0 Å². The van der Waals surface area contributed by atoms with Crippen molar-refractivity contribution in [1.82, 2.24) is 0 Å². The van der Waals surface area contributed by atoms with E-state index in [0.29, 0.717) is 11.8 Å². The fourth-order valence-corrected chi connectivity index (χ4v) is 6.84. The number of hydrogen-bond acceptors (Lipinski definition) is 2. The van der Waals surface area contributed by atoms with E-state index in [1.165, 1.54) is 62.5 Å². The summed E-state index contributed by atoms with van der Waals surface area (Å²) in [5.74, 6) is 2.73. The van der Waals surface area contributed by atoms with Crippen LogP contribution in [0.1, 0.15) is 76.3 Å². The number of hydrogen-bond donors (Lipinski definition) is 2. The zero-order chi connectivity index (χ0) is 20.4. The lowest BCUT2D eigenvalue weighted by Crippen LogP contribution is -2.50. The Morgan fingerprint density at radius 2 is 1.21 bits per heavy atom. The molecule has 0 bridgehead atoms. The molecule has 156 valence electrons. The molecule has 0 saturated heterocycles. The lowest BCUT2D eigenvalue weighted by molar-refractivity contribution is 0.0640. The maximum atomic E-state index is 6.37. The van der Waals surface area contributed by atoms with Crippen molar-refractivity contribution in [3.8, 4) is 0 Å². The van der Waals surface area contributed by atoms with Crippen LogP contribution in [0.25, 0.3) is 0 Å². The number of benzene rings is 2. The van der Waals surface area contributed by atoms with Crippen molar-refractivity contribution in [1.29, 1.82) is 0 Å². The van der Waals surface area contributed by atoms with Crippen molar-refractivity contribution in [2.75, 3.05) is 11.5 Å². The molecule has 0 heterocycles. The van der Waals surface area contributed by atoms with Gasteiger partial charge in [-0.25, -0.2) is 0 Å². The first-order chi connectivity index (χ1) is 14.0. The standard InChI is InChI=1S/C27H38N2/c1-19-8-3-5-12-25(19)27(21-14-16-23(28)17-15-21,22-10-7-11-24(29)18-22)26-13-6-4-9-20(26)2/h7,10-11,14-20,25-26H,3-6,8-9,12-13,28-29H2,1-2H3. The third-order valence-corrected chi connectivity index (χ3v) is 8.15. The Balaban J connectivity index is 1.99. The third kappa shape index (κ3) is 3.67. The Morgan fingerprint density at radius 1 is 0.655 bits per heavy atom. The largest absolute Gasteiger partial charge is 0.399 e. The number of nitrogens with two attached hydrogens (primary N) is 2. The molecule has 2 heteroatoms. The molecule has 0 aliphatic heterocycles. The summed E-state index contributed by atoms with van der Waals surface area (Å²) in [6.45, 7) is 4.99. The first kappa shape index (κ1) is 20.3. The molecule has 4 rings (SSSR count). The molecule has 4 unspecified atom stereocenters. The topological polar surface area (TPSA) is 52.0 Å². The van der Waals surface area contributed by atoms with E-state index in [1.54, 1.807) is 0 Å². The maximum Gasteiger partial charge on any atom is 0.0317 e. The molecule has 4 atom stereocenters. The normalized spacial score (nSPS) is 29.9. The van der Waals surface area contributed by atoms with E-state index in [-0.39, 0.29) is 5.41 Å². The first-order valence-corrected chi connectivity index (χ1v) is 11.8. The van der Waals surface area contributed by atoms with Crippen LogP contribution in [0.4, 0.5) is 11.4 Å². The molecule has 2 saturated carbocycles. The number of rotatable bonds is 4. The SMILES string of the molecule is CC1CCCCC1C(c1ccc(N)cc1)(c1cccc(N)c1)C1CCCCC1C. The van der Waals surface area contributed by atoms with E-state index >= 15 is 0 Å². The van der Waals surface area contributed by atoms with Gasteiger partial charge in [0.05, 0.1) is 0 Å². The fourth-order valence-electron chi connectivity index (χ4n) is 6.84. The lowest BCUT2D eigenvalue weighted by Gasteiger charge is -2.54. The minimum atomic E-state index is 0.0166. The van der Waals surface area contributed by atoms with Crippen molar-refractivity contribution in [3.63, 3.8) is 0 Å². The van der Waals surface area contributed by atoms with Gasteiger partial charge >= 0.3 is 0 Å². The molecular weight excluding hydrogens is 352 g/mol. The Morgan fingerprint density at radius 3 is 1.72 bits per heavy atom. The van der Waals surface area contributed by atoms with Crippen LogP contribution in [-0.4, -0.2) is 0 Å². The molecule has 0 spiro atoms. The Hall–Kier alpha value is -1.96. The average Bonchev–Trinajstić information content (AvgIpc) is 2.72. The molecule has 0 radical (unpaired) electrons. The summed E-state index contributed by atoms with van der Waals surface area (Å²) in [6.07, 6.45) is 10.7. The summed E-state index contributed by atoms with van der Waals surface area (Å²) in [7, 11) is 0. The first-order valence-electron chi connectivity index (χ1n) is 11.8. The Kier molecular flexibility index (Phi) is 5.90. The molecule has 29 heavy (non-hydrogen) atoms. The van der Waals surface area contributed by atoms with Crippen LogP contribution in [0.2, 0.25) is 0 Å². The van der Waals surface area contributed by atoms with Gasteiger partial charge in [-0.2, -0.15) is 0 Å². The molecule has 2 fully saturated rings. The predicted octanol–water partition coefficient (Wildman–Crippen LogP) is 6.79. The Bertz CT molecular complexity index is 788. The zero-order valence-corrected chi connectivity index (χ0v) is 18.2. The lowest BCUT2D eigenvalue weighted by atomic mass is 9.49. The minimum Gasteiger partial charge on any atom is -0.399 e. The van der Waals surface area contributed by atoms with Gasteiger partial charge in [0.15, 0.2) is 0 Å². The zero-order valence-electron chi connectivity index (χ0n) is 18.2. The smallest absolute Gasteiger partial charge is 0.0317 e. The fraction of sp³-hybridized carbons (Fsp3) is 0.556. The maximum absolute atomic E-state index is 6.37. The highest BCUT2D eigenvalue weighted by Gasteiger charge is 2.51. The van der Waals surface area contributed by atoms with Crippen molar-refractivity contribution in [2.45, 2.75) is 70.6 Å². The van der Waals surface area contributed by atoms with Crippen molar-refractivity contribution < 1.29 is 0 Å². The van der Waals surface area contributed by atoms with Gasteiger partial charge in [-0.15, -0.1) is 0 Å². The van der Waals surface area contributed by atoms with E-state index in [0.717, 1.165) is 23.2 Å². The van der Waals surface area contributed by atoms with Gasteiger partial charge in [0, 0.05) is 16.8 Å². The van der Waals surface area contributed by atoms with Gasteiger partial charge < -0.3 is 11.5 Å². The Labute approximate surface area is 177 Å².